The molecule has 8 heteroatoms. The molecule has 2 amide bonds. The molecular formula is C17H16ClN3O4. The number of halogens is 1. The van der Waals surface area contributed by atoms with Crippen molar-refractivity contribution in [2.45, 2.75) is 6.92 Å². The van der Waals surface area contributed by atoms with Crippen LogP contribution in [0.25, 0.3) is 0 Å². The van der Waals surface area contributed by atoms with Gasteiger partial charge in [0.2, 0.25) is 0 Å². The van der Waals surface area contributed by atoms with E-state index in [2.05, 4.69) is 15.8 Å². The molecule has 0 bridgehead atoms. The number of para-hydroxylation sites is 1. The van der Waals surface area contributed by atoms with Crippen molar-refractivity contribution in [1.82, 2.24) is 5.43 Å². The zero-order chi connectivity index (χ0) is 18.4. The highest BCUT2D eigenvalue weighted by atomic mass is 35.5. The molecule has 0 saturated carbocycles. The number of nitrogens with zero attached hydrogens (tertiary/aromatic N) is 1. The highest BCUT2D eigenvalue weighted by Crippen LogP contribution is 2.27. The molecular weight excluding hydrogens is 346 g/mol. The third kappa shape index (κ3) is 4.48. The average molecular weight is 362 g/mol. The number of methoxy groups -OCH3 is 1. The second kappa shape index (κ2) is 8.16. The number of rotatable bonds is 4. The minimum atomic E-state index is -0.960. The molecule has 0 aliphatic heterocycles. The number of ether oxygens (including phenoxy) is 1. The Labute approximate surface area is 149 Å². The lowest BCUT2D eigenvalue weighted by molar-refractivity contribution is -0.136. The van der Waals surface area contributed by atoms with Gasteiger partial charge in [-0.25, -0.2) is 5.43 Å². The van der Waals surface area contributed by atoms with E-state index in [0.29, 0.717) is 21.8 Å². The van der Waals surface area contributed by atoms with E-state index < -0.39 is 11.8 Å². The number of aromatic hydroxyl groups is 1. The van der Waals surface area contributed by atoms with Crippen LogP contribution in [0.4, 0.5) is 5.69 Å². The fraction of sp³-hybridized carbons (Fsp3) is 0.118. The van der Waals surface area contributed by atoms with Crippen molar-refractivity contribution < 1.29 is 19.4 Å². The highest BCUT2D eigenvalue weighted by Gasteiger charge is 2.14. The van der Waals surface area contributed by atoms with Gasteiger partial charge < -0.3 is 15.2 Å². The number of hydrazone groups is 1. The van der Waals surface area contributed by atoms with Crippen molar-refractivity contribution in [1.29, 1.82) is 0 Å². The molecule has 2 rings (SSSR count). The van der Waals surface area contributed by atoms with Gasteiger partial charge in [0.15, 0.2) is 11.5 Å². The van der Waals surface area contributed by atoms with Crippen molar-refractivity contribution in [2.75, 3.05) is 12.4 Å². The maximum Gasteiger partial charge on any atom is 0.329 e. The van der Waals surface area contributed by atoms with Crippen LogP contribution in [0.5, 0.6) is 11.5 Å². The second-order valence-electron chi connectivity index (χ2n) is 4.96. The SMILES string of the molecule is COc1cccc(/C=N\NC(=O)C(=O)Nc2cccc(Cl)c2C)c1O. The van der Waals surface area contributed by atoms with E-state index in [-0.39, 0.29) is 11.5 Å². The maximum atomic E-state index is 11.9. The Bertz CT molecular complexity index is 837. The Hall–Kier alpha value is -3.06. The van der Waals surface area contributed by atoms with Gasteiger partial charge in [0, 0.05) is 16.3 Å². The number of amides is 2. The number of hydrogen-bond acceptors (Lipinski definition) is 5. The lowest BCUT2D eigenvalue weighted by Gasteiger charge is -2.08. The molecule has 25 heavy (non-hydrogen) atoms. The van der Waals surface area contributed by atoms with Gasteiger partial charge in [-0.2, -0.15) is 5.10 Å². The lowest BCUT2D eigenvalue weighted by Crippen LogP contribution is -2.32. The van der Waals surface area contributed by atoms with Crippen molar-refractivity contribution in [3.63, 3.8) is 0 Å². The summed E-state index contributed by atoms with van der Waals surface area (Å²) < 4.78 is 4.96. The summed E-state index contributed by atoms with van der Waals surface area (Å²) in [7, 11) is 1.42. The summed E-state index contributed by atoms with van der Waals surface area (Å²) in [5.41, 5.74) is 3.49. The van der Waals surface area contributed by atoms with E-state index in [0.717, 1.165) is 0 Å². The molecule has 0 aromatic heterocycles. The molecule has 2 aromatic rings. The molecule has 0 atom stereocenters. The van der Waals surface area contributed by atoms with Gasteiger partial charge in [-0.3, -0.25) is 9.59 Å². The molecule has 0 aliphatic rings. The van der Waals surface area contributed by atoms with Gasteiger partial charge in [-0.1, -0.05) is 23.7 Å². The van der Waals surface area contributed by atoms with Crippen LogP contribution in [-0.4, -0.2) is 30.2 Å². The van der Waals surface area contributed by atoms with E-state index in [4.69, 9.17) is 16.3 Å². The van der Waals surface area contributed by atoms with E-state index >= 15 is 0 Å². The number of benzene rings is 2. The summed E-state index contributed by atoms with van der Waals surface area (Å²) >= 11 is 5.96. The first-order chi connectivity index (χ1) is 11.9. The number of anilines is 1. The van der Waals surface area contributed by atoms with Gasteiger partial charge >= 0.3 is 11.8 Å². The Balaban J connectivity index is 2.00. The normalized spacial score (nSPS) is 10.5. The summed E-state index contributed by atoms with van der Waals surface area (Å²) in [5.74, 6) is -1.71. The number of phenols is 1. The predicted molar refractivity (Wildman–Crippen MR) is 95.2 cm³/mol. The Morgan fingerprint density at radius 1 is 1.20 bits per heavy atom. The van der Waals surface area contributed by atoms with Crippen molar-refractivity contribution in [3.05, 3.63) is 52.5 Å². The zero-order valence-corrected chi connectivity index (χ0v) is 14.3. The fourth-order valence-corrected chi connectivity index (χ4v) is 2.12. The number of phenolic OH excluding ortho intramolecular Hbond substituents is 1. The molecule has 0 radical (unpaired) electrons. The quantitative estimate of drug-likeness (QED) is 0.442. The second-order valence-corrected chi connectivity index (χ2v) is 5.37. The van der Waals surface area contributed by atoms with Crippen LogP contribution in [0.3, 0.4) is 0 Å². The zero-order valence-electron chi connectivity index (χ0n) is 13.5. The van der Waals surface area contributed by atoms with Crippen LogP contribution in [0.15, 0.2) is 41.5 Å². The molecule has 0 unspecified atom stereocenters. The number of carbonyl (C=O) groups is 2. The minimum absolute atomic E-state index is 0.123. The van der Waals surface area contributed by atoms with Crippen LogP contribution in [-0.2, 0) is 9.59 Å². The number of hydrogen-bond donors (Lipinski definition) is 3. The number of nitrogens with one attached hydrogen (secondary N) is 2. The van der Waals surface area contributed by atoms with E-state index in [1.807, 2.05) is 0 Å². The summed E-state index contributed by atoms with van der Waals surface area (Å²) in [6, 6.07) is 9.76. The summed E-state index contributed by atoms with van der Waals surface area (Å²) in [5, 5.41) is 16.5. The van der Waals surface area contributed by atoms with Crippen molar-refractivity contribution in [3.8, 4) is 11.5 Å². The van der Waals surface area contributed by atoms with Gasteiger partial charge in [0.05, 0.1) is 13.3 Å². The lowest BCUT2D eigenvalue weighted by atomic mass is 10.2. The molecule has 0 spiro atoms. The van der Waals surface area contributed by atoms with Gasteiger partial charge in [0.1, 0.15) is 0 Å². The standard InChI is InChI=1S/C17H16ClN3O4/c1-10-12(18)6-4-7-13(10)20-16(23)17(24)21-19-9-11-5-3-8-14(25-2)15(11)22/h3-9,22H,1-2H3,(H,20,23)(H,21,24)/b19-9-. The molecule has 0 aliphatic carbocycles. The summed E-state index contributed by atoms with van der Waals surface area (Å²) in [4.78, 5) is 23.7. The highest BCUT2D eigenvalue weighted by molar-refractivity contribution is 6.40. The molecule has 0 saturated heterocycles. The third-order valence-electron chi connectivity index (χ3n) is 3.34. The molecule has 3 N–H and O–H groups in total. The molecule has 0 heterocycles. The minimum Gasteiger partial charge on any atom is -0.504 e. The first-order valence-electron chi connectivity index (χ1n) is 7.19. The smallest absolute Gasteiger partial charge is 0.329 e. The largest absolute Gasteiger partial charge is 0.504 e. The monoisotopic (exact) mass is 361 g/mol. The van der Waals surface area contributed by atoms with Crippen LogP contribution in [0.2, 0.25) is 5.02 Å². The summed E-state index contributed by atoms with van der Waals surface area (Å²) in [6.45, 7) is 1.72. The topological polar surface area (TPSA) is 100 Å². The van der Waals surface area contributed by atoms with Gasteiger partial charge in [-0.05, 0) is 36.8 Å². The van der Waals surface area contributed by atoms with Crippen LogP contribution >= 0.6 is 11.6 Å². The Morgan fingerprint density at radius 3 is 2.64 bits per heavy atom. The van der Waals surface area contributed by atoms with Gasteiger partial charge in [0.25, 0.3) is 0 Å². The first-order valence-corrected chi connectivity index (χ1v) is 7.57. The fourth-order valence-electron chi connectivity index (χ4n) is 1.94. The van der Waals surface area contributed by atoms with Crippen LogP contribution in [0, 0.1) is 6.92 Å². The van der Waals surface area contributed by atoms with E-state index in [9.17, 15) is 14.7 Å². The van der Waals surface area contributed by atoms with Crippen LogP contribution in [0.1, 0.15) is 11.1 Å². The van der Waals surface area contributed by atoms with Crippen LogP contribution < -0.4 is 15.5 Å². The molecule has 7 nitrogen and oxygen atoms in total. The Kier molecular flexibility index (Phi) is 5.97. The molecule has 0 fully saturated rings. The maximum absolute atomic E-state index is 11.9. The van der Waals surface area contributed by atoms with E-state index in [1.54, 1.807) is 43.3 Å². The summed E-state index contributed by atoms with van der Waals surface area (Å²) in [6.07, 6.45) is 1.20. The first kappa shape index (κ1) is 18.3. The predicted octanol–water partition coefficient (Wildman–Crippen LogP) is 2.45. The van der Waals surface area contributed by atoms with Crippen molar-refractivity contribution in [2.24, 2.45) is 5.10 Å². The van der Waals surface area contributed by atoms with Gasteiger partial charge in [-0.15, -0.1) is 0 Å². The molecule has 130 valence electrons. The van der Waals surface area contributed by atoms with Crippen molar-refractivity contribution >= 4 is 35.3 Å². The molecule has 2 aromatic carbocycles. The number of carbonyl (C=O) groups excluding carboxylic acids is 2. The Morgan fingerprint density at radius 2 is 1.92 bits per heavy atom. The third-order valence-corrected chi connectivity index (χ3v) is 3.75. The van der Waals surface area contributed by atoms with E-state index in [1.165, 1.54) is 13.3 Å². The average Bonchev–Trinajstić information content (AvgIpc) is 2.60.